The minimum Gasteiger partial charge on any atom is -0.490 e. The Morgan fingerprint density at radius 3 is 2.55 bits per heavy atom. The van der Waals surface area contributed by atoms with Crippen LogP contribution >= 0.6 is 0 Å². The van der Waals surface area contributed by atoms with E-state index in [9.17, 15) is 9.59 Å². The van der Waals surface area contributed by atoms with Gasteiger partial charge >= 0.3 is 5.97 Å². The number of alkyl halides is 1. The number of carboxylic acids is 1. The van der Waals surface area contributed by atoms with Crippen LogP contribution in [0.25, 0.3) is 0 Å². The maximum Gasteiger partial charge on any atom is 0.335 e. The Labute approximate surface area is 231 Å². The van der Waals surface area contributed by atoms with Crippen molar-refractivity contribution in [3.8, 4) is 11.5 Å². The van der Waals surface area contributed by atoms with Crippen LogP contribution in [-0.4, -0.2) is 47.3 Å². The normalized spacial score (nSPS) is 18.0. The van der Waals surface area contributed by atoms with Crippen molar-refractivity contribution in [2.24, 2.45) is 5.92 Å². The number of carboxylic acid groups (broad SMARTS) is 1. The molecule has 2 aliphatic rings. The first-order valence-electron chi connectivity index (χ1n) is 13.2. The molecule has 0 radical (unpaired) electrons. The van der Waals surface area contributed by atoms with Gasteiger partial charge in [0.25, 0.3) is 0 Å². The van der Waals surface area contributed by atoms with E-state index in [1.807, 2.05) is 59.5 Å². The lowest BCUT2D eigenvalue weighted by atomic mass is 9.94. The minimum absolute atomic E-state index is 0.0970. The minimum atomic E-state index is -1.52. The summed E-state index contributed by atoms with van der Waals surface area (Å²) < 4.78 is 26.8. The fourth-order valence-corrected chi connectivity index (χ4v) is 4.62. The molecule has 1 aliphatic carbocycles. The van der Waals surface area contributed by atoms with E-state index in [1.54, 1.807) is 24.4 Å². The van der Waals surface area contributed by atoms with Gasteiger partial charge in [0.1, 0.15) is 35.4 Å². The molecule has 2 aromatic carbocycles. The molecule has 1 fully saturated rings. The fourth-order valence-electron chi connectivity index (χ4n) is 4.62. The topological polar surface area (TPSA) is 101 Å². The summed E-state index contributed by atoms with van der Waals surface area (Å²) in [6, 6.07) is 19.1. The summed E-state index contributed by atoms with van der Waals surface area (Å²) in [5, 5.41) is 12.0. The number of rotatable bonds is 9. The Morgan fingerprint density at radius 2 is 1.82 bits per heavy atom. The molecule has 0 spiro atoms. The Balaban J connectivity index is 1.11. The summed E-state index contributed by atoms with van der Waals surface area (Å²) in [5.41, 5.74) is -0.842. The van der Waals surface area contributed by atoms with Crippen molar-refractivity contribution < 1.29 is 28.6 Å². The van der Waals surface area contributed by atoms with Gasteiger partial charge in [0.2, 0.25) is 5.91 Å². The number of halogens is 1. The molecular weight excluding hydrogens is 513 g/mol. The van der Waals surface area contributed by atoms with Crippen molar-refractivity contribution in [1.29, 1.82) is 0 Å². The first-order chi connectivity index (χ1) is 19.4. The quantitative estimate of drug-likeness (QED) is 0.360. The summed E-state index contributed by atoms with van der Waals surface area (Å²) in [5.74, 6) is 0.795. The summed E-state index contributed by atoms with van der Waals surface area (Å²) >= 11 is 0. The number of hydrogen-bond donors (Lipinski definition) is 2. The third-order valence-electron chi connectivity index (χ3n) is 6.93. The number of piperidine rings is 1. The van der Waals surface area contributed by atoms with Gasteiger partial charge in [-0.1, -0.05) is 30.3 Å². The molecule has 5 rings (SSSR count). The van der Waals surface area contributed by atoms with E-state index in [0.29, 0.717) is 48.3 Å². The number of anilines is 2. The van der Waals surface area contributed by atoms with E-state index in [4.69, 9.17) is 14.6 Å². The zero-order valence-electron chi connectivity index (χ0n) is 21.8. The van der Waals surface area contributed by atoms with Gasteiger partial charge in [0.05, 0.1) is 23.4 Å². The number of allylic oxidation sites excluding steroid dienone is 2. The third kappa shape index (κ3) is 6.85. The number of hydrogen-bond acceptors (Lipinski definition) is 6. The van der Waals surface area contributed by atoms with Crippen molar-refractivity contribution in [1.82, 2.24) is 4.98 Å². The number of aromatic nitrogens is 1. The predicted octanol–water partition coefficient (Wildman–Crippen LogP) is 5.64. The molecule has 1 atom stereocenters. The molecule has 40 heavy (non-hydrogen) atoms. The predicted molar refractivity (Wildman–Crippen MR) is 149 cm³/mol. The lowest BCUT2D eigenvalue weighted by molar-refractivity contribution is -0.118. The molecule has 0 saturated carbocycles. The summed E-state index contributed by atoms with van der Waals surface area (Å²) in [7, 11) is 0. The summed E-state index contributed by atoms with van der Waals surface area (Å²) in [6.07, 6.45) is 8.28. The van der Waals surface area contributed by atoms with E-state index in [1.165, 1.54) is 12.1 Å². The molecule has 1 saturated heterocycles. The number of benzene rings is 2. The van der Waals surface area contributed by atoms with Gasteiger partial charge in [-0.05, 0) is 61.0 Å². The number of ether oxygens (including phenoxy) is 2. The van der Waals surface area contributed by atoms with Gasteiger partial charge in [0, 0.05) is 25.9 Å². The van der Waals surface area contributed by atoms with E-state index in [0.717, 1.165) is 0 Å². The van der Waals surface area contributed by atoms with Crippen LogP contribution in [0.3, 0.4) is 0 Å². The van der Waals surface area contributed by atoms with Crippen LogP contribution in [0.2, 0.25) is 0 Å². The molecule has 8 nitrogen and oxygen atoms in total. The largest absolute Gasteiger partial charge is 0.490 e. The van der Waals surface area contributed by atoms with Gasteiger partial charge in [0.15, 0.2) is 0 Å². The molecule has 3 aromatic rings. The Bertz CT molecular complexity index is 1400. The Kier molecular flexibility index (Phi) is 8.10. The van der Waals surface area contributed by atoms with Crippen molar-refractivity contribution in [3.63, 3.8) is 0 Å². The maximum atomic E-state index is 15.4. The van der Waals surface area contributed by atoms with Crippen molar-refractivity contribution >= 4 is 23.4 Å². The van der Waals surface area contributed by atoms with Gasteiger partial charge in [-0.3, -0.25) is 4.79 Å². The number of carbonyl (C=O) groups excluding carboxylic acids is 1. The first kappa shape index (κ1) is 26.9. The van der Waals surface area contributed by atoms with Crippen LogP contribution in [0.1, 0.15) is 29.6 Å². The molecule has 1 amide bonds. The van der Waals surface area contributed by atoms with Crippen LogP contribution in [-0.2, 0) is 4.79 Å². The first-order valence-corrected chi connectivity index (χ1v) is 13.2. The number of aromatic carboxylic acids is 1. The van der Waals surface area contributed by atoms with Gasteiger partial charge in [-0.2, -0.15) is 0 Å². The van der Waals surface area contributed by atoms with Gasteiger partial charge in [-0.15, -0.1) is 0 Å². The fraction of sp³-hybridized carbons (Fsp3) is 0.258. The maximum absolute atomic E-state index is 15.4. The third-order valence-corrected chi connectivity index (χ3v) is 6.93. The molecule has 1 aromatic heterocycles. The van der Waals surface area contributed by atoms with Gasteiger partial charge in [-0.25, -0.2) is 14.2 Å². The highest BCUT2D eigenvalue weighted by Crippen LogP contribution is 2.30. The van der Waals surface area contributed by atoms with Crippen molar-refractivity contribution in [3.05, 3.63) is 102 Å². The molecule has 0 bridgehead atoms. The highest BCUT2D eigenvalue weighted by Gasteiger charge is 2.36. The number of pyridine rings is 1. The lowest BCUT2D eigenvalue weighted by Gasteiger charge is -2.36. The number of amides is 1. The molecule has 9 heteroatoms. The average Bonchev–Trinajstić information content (AvgIpc) is 2.98. The molecule has 1 unspecified atom stereocenters. The molecule has 2 N–H and O–H groups in total. The zero-order valence-corrected chi connectivity index (χ0v) is 21.8. The number of carbonyl (C=O) groups is 2. The highest BCUT2D eigenvalue weighted by molar-refractivity contribution is 5.94. The number of nitrogens with zero attached hydrogens (tertiary/aromatic N) is 2. The second-order valence-corrected chi connectivity index (χ2v) is 9.88. The monoisotopic (exact) mass is 543 g/mol. The number of para-hydroxylation sites is 1. The Morgan fingerprint density at radius 1 is 1.05 bits per heavy atom. The second kappa shape index (κ2) is 12.0. The average molecular weight is 544 g/mol. The SMILES string of the molecule is O=C(O)c1cccc(OCC2(F)CCN(c3ccc(NC(=O)C4C=C(Oc5ccccc5)C=CC4)cn3)CC2)c1. The van der Waals surface area contributed by atoms with E-state index >= 15 is 4.39 Å². The molecule has 2 heterocycles. The lowest BCUT2D eigenvalue weighted by Crippen LogP contribution is -2.45. The molecular formula is C31H30FN3O5. The number of nitrogens with one attached hydrogen (secondary N) is 1. The van der Waals surface area contributed by atoms with E-state index in [2.05, 4.69) is 10.3 Å². The van der Waals surface area contributed by atoms with Crippen LogP contribution in [0, 0.1) is 5.92 Å². The van der Waals surface area contributed by atoms with Crippen LogP contribution in [0.4, 0.5) is 15.9 Å². The summed E-state index contributed by atoms with van der Waals surface area (Å²) in [6.45, 7) is 0.763. The molecule has 206 valence electrons. The summed E-state index contributed by atoms with van der Waals surface area (Å²) in [4.78, 5) is 30.5. The van der Waals surface area contributed by atoms with Crippen LogP contribution < -0.4 is 19.7 Å². The Hall–Kier alpha value is -4.66. The van der Waals surface area contributed by atoms with Gasteiger partial charge < -0.3 is 24.8 Å². The zero-order chi connectivity index (χ0) is 28.0. The van der Waals surface area contributed by atoms with E-state index < -0.39 is 11.6 Å². The van der Waals surface area contributed by atoms with Crippen LogP contribution in [0.15, 0.2) is 96.9 Å². The molecule has 1 aliphatic heterocycles. The highest BCUT2D eigenvalue weighted by atomic mass is 19.1. The second-order valence-electron chi connectivity index (χ2n) is 9.88. The van der Waals surface area contributed by atoms with E-state index in [-0.39, 0.29) is 36.8 Å². The smallest absolute Gasteiger partial charge is 0.335 e. The van der Waals surface area contributed by atoms with Crippen LogP contribution in [0.5, 0.6) is 11.5 Å². The van der Waals surface area contributed by atoms with Crippen molar-refractivity contribution in [2.75, 3.05) is 29.9 Å². The van der Waals surface area contributed by atoms with Crippen molar-refractivity contribution in [2.45, 2.75) is 24.9 Å². The standard InChI is InChI=1S/C31H30FN3O5/c32-31(21-39-26-10-5-7-23(19-26)30(37)38)14-16-35(17-15-31)28-13-12-24(20-33-28)34-29(36)22-6-4-11-27(18-22)40-25-8-2-1-3-9-25/h1-5,7-13,18-20,22H,6,14-17,21H2,(H,34,36)(H,37,38).